The summed E-state index contributed by atoms with van der Waals surface area (Å²) in [5.41, 5.74) is 0.572. The molecule has 1 amide bonds. The predicted octanol–water partition coefficient (Wildman–Crippen LogP) is 2.64. The van der Waals surface area contributed by atoms with Crippen molar-refractivity contribution >= 4 is 15.9 Å². The molecule has 0 saturated carbocycles. The number of rotatable bonds is 6. The largest absolute Gasteiger partial charge is 0.416 e. The highest BCUT2D eigenvalue weighted by molar-refractivity contribution is 7.89. The first-order chi connectivity index (χ1) is 14.6. The van der Waals surface area contributed by atoms with Gasteiger partial charge in [-0.25, -0.2) is 8.42 Å². The molecule has 0 bridgehead atoms. The number of aryl methyl sites for hydroxylation is 1. The molecule has 1 fully saturated rings. The normalized spacial score (nSPS) is 16.3. The van der Waals surface area contributed by atoms with Gasteiger partial charge in [0.1, 0.15) is 0 Å². The lowest BCUT2D eigenvalue weighted by molar-refractivity contribution is -0.137. The van der Waals surface area contributed by atoms with E-state index in [0.29, 0.717) is 18.7 Å². The monoisotopic (exact) mass is 455 g/mol. The second-order valence-corrected chi connectivity index (χ2v) is 9.41. The van der Waals surface area contributed by atoms with Gasteiger partial charge in [-0.1, -0.05) is 29.8 Å². The van der Waals surface area contributed by atoms with Gasteiger partial charge in [0, 0.05) is 32.7 Å². The molecule has 3 rings (SSSR count). The fraction of sp³-hybridized carbons (Fsp3) is 0.381. The molecule has 0 radical (unpaired) electrons. The van der Waals surface area contributed by atoms with E-state index in [1.54, 1.807) is 24.3 Å². The number of nitrogens with one attached hydrogen (secondary N) is 1. The molecule has 1 N–H and O–H groups in total. The third-order valence-electron chi connectivity index (χ3n) is 5.10. The van der Waals surface area contributed by atoms with Gasteiger partial charge in [0.05, 0.1) is 17.0 Å². The number of halogens is 3. The number of hydrogen-bond donors (Lipinski definition) is 1. The van der Waals surface area contributed by atoms with Gasteiger partial charge in [-0.3, -0.25) is 9.69 Å². The molecule has 0 spiro atoms. The van der Waals surface area contributed by atoms with Gasteiger partial charge in [0.2, 0.25) is 15.9 Å². The minimum absolute atomic E-state index is 0.00940. The summed E-state index contributed by atoms with van der Waals surface area (Å²) in [6.45, 7) is 3.23. The van der Waals surface area contributed by atoms with Crippen molar-refractivity contribution in [2.24, 2.45) is 0 Å². The Morgan fingerprint density at radius 1 is 1.03 bits per heavy atom. The van der Waals surface area contributed by atoms with E-state index < -0.39 is 21.8 Å². The van der Waals surface area contributed by atoms with Crippen LogP contribution in [0.2, 0.25) is 0 Å². The second-order valence-electron chi connectivity index (χ2n) is 7.47. The van der Waals surface area contributed by atoms with Crippen LogP contribution in [-0.4, -0.2) is 56.3 Å². The molecule has 0 aliphatic carbocycles. The van der Waals surface area contributed by atoms with Crippen LogP contribution in [0.1, 0.15) is 16.7 Å². The van der Waals surface area contributed by atoms with E-state index in [1.807, 2.05) is 11.8 Å². The lowest BCUT2D eigenvalue weighted by Gasteiger charge is -2.33. The zero-order valence-corrected chi connectivity index (χ0v) is 17.8. The van der Waals surface area contributed by atoms with Gasteiger partial charge in [0.15, 0.2) is 0 Å². The van der Waals surface area contributed by atoms with Crippen LogP contribution in [0.3, 0.4) is 0 Å². The lowest BCUT2D eigenvalue weighted by Crippen LogP contribution is -2.50. The quantitative estimate of drug-likeness (QED) is 0.727. The Labute approximate surface area is 179 Å². The van der Waals surface area contributed by atoms with E-state index >= 15 is 0 Å². The zero-order valence-electron chi connectivity index (χ0n) is 17.0. The number of nitrogens with zero attached hydrogens (tertiary/aromatic N) is 2. The molecule has 31 heavy (non-hydrogen) atoms. The third kappa shape index (κ3) is 6.05. The minimum atomic E-state index is -4.43. The molecule has 2 aromatic carbocycles. The van der Waals surface area contributed by atoms with Crippen LogP contribution in [-0.2, 0) is 27.5 Å². The maximum atomic E-state index is 12.8. The zero-order chi connectivity index (χ0) is 22.6. The van der Waals surface area contributed by atoms with Crippen LogP contribution in [0, 0.1) is 6.92 Å². The minimum Gasteiger partial charge on any atom is -0.351 e. The van der Waals surface area contributed by atoms with E-state index in [1.165, 1.54) is 16.4 Å². The van der Waals surface area contributed by atoms with Crippen molar-refractivity contribution in [2.45, 2.75) is 24.5 Å². The van der Waals surface area contributed by atoms with Crippen LogP contribution in [0.25, 0.3) is 0 Å². The first-order valence-electron chi connectivity index (χ1n) is 9.78. The van der Waals surface area contributed by atoms with Crippen molar-refractivity contribution in [3.8, 4) is 0 Å². The molecule has 0 atom stereocenters. The average molecular weight is 456 g/mol. The number of sulfonamides is 1. The molecular weight excluding hydrogens is 431 g/mol. The number of benzene rings is 2. The van der Waals surface area contributed by atoms with Crippen LogP contribution in [0.4, 0.5) is 13.2 Å². The number of hydrogen-bond acceptors (Lipinski definition) is 4. The molecule has 168 valence electrons. The van der Waals surface area contributed by atoms with Gasteiger partial charge in [-0.15, -0.1) is 0 Å². The second kappa shape index (κ2) is 9.37. The van der Waals surface area contributed by atoms with Gasteiger partial charge < -0.3 is 5.32 Å². The van der Waals surface area contributed by atoms with Crippen molar-refractivity contribution in [1.82, 2.24) is 14.5 Å². The first-order valence-corrected chi connectivity index (χ1v) is 11.2. The number of amides is 1. The van der Waals surface area contributed by atoms with E-state index in [4.69, 9.17) is 0 Å². The predicted molar refractivity (Wildman–Crippen MR) is 110 cm³/mol. The summed E-state index contributed by atoms with van der Waals surface area (Å²) in [6.07, 6.45) is -4.43. The van der Waals surface area contributed by atoms with Crippen LogP contribution in [0.5, 0.6) is 0 Å². The summed E-state index contributed by atoms with van der Waals surface area (Å²) in [5.74, 6) is -0.327. The van der Waals surface area contributed by atoms with Gasteiger partial charge in [-0.05, 0) is 36.8 Å². The fourth-order valence-corrected chi connectivity index (χ4v) is 4.73. The summed E-state index contributed by atoms with van der Waals surface area (Å²) in [4.78, 5) is 14.3. The Bertz CT molecular complexity index is 1020. The summed E-state index contributed by atoms with van der Waals surface area (Å²) in [7, 11) is -3.58. The molecular formula is C21H24F3N3O3S. The molecule has 1 aliphatic rings. The third-order valence-corrected chi connectivity index (χ3v) is 7.01. The van der Waals surface area contributed by atoms with Gasteiger partial charge in [-0.2, -0.15) is 17.5 Å². The summed E-state index contributed by atoms with van der Waals surface area (Å²) in [6, 6.07) is 11.5. The Kier molecular flexibility index (Phi) is 7.03. The summed E-state index contributed by atoms with van der Waals surface area (Å²) in [5, 5.41) is 2.62. The topological polar surface area (TPSA) is 69.7 Å². The highest BCUT2D eigenvalue weighted by Gasteiger charge is 2.31. The Hall–Kier alpha value is -2.43. The maximum Gasteiger partial charge on any atom is 0.416 e. The van der Waals surface area contributed by atoms with E-state index in [0.717, 1.165) is 17.7 Å². The Morgan fingerprint density at radius 2 is 1.68 bits per heavy atom. The molecule has 1 heterocycles. The highest BCUT2D eigenvalue weighted by Crippen LogP contribution is 2.29. The van der Waals surface area contributed by atoms with Crippen LogP contribution in [0.15, 0.2) is 53.4 Å². The average Bonchev–Trinajstić information content (AvgIpc) is 2.73. The smallest absolute Gasteiger partial charge is 0.351 e. The van der Waals surface area contributed by atoms with E-state index in [9.17, 15) is 26.4 Å². The molecule has 2 aromatic rings. The summed E-state index contributed by atoms with van der Waals surface area (Å²) < 4.78 is 65.2. The number of carbonyl (C=O) groups is 1. The summed E-state index contributed by atoms with van der Waals surface area (Å²) >= 11 is 0. The number of alkyl halides is 3. The van der Waals surface area contributed by atoms with E-state index in [-0.39, 0.29) is 37.0 Å². The molecule has 1 aliphatic heterocycles. The molecule has 1 saturated heterocycles. The number of carbonyl (C=O) groups excluding carboxylic acids is 1. The molecule has 0 unspecified atom stereocenters. The van der Waals surface area contributed by atoms with Crippen molar-refractivity contribution in [1.29, 1.82) is 0 Å². The van der Waals surface area contributed by atoms with E-state index in [2.05, 4.69) is 5.32 Å². The van der Waals surface area contributed by atoms with Crippen molar-refractivity contribution in [3.63, 3.8) is 0 Å². The SMILES string of the molecule is Cc1ccc(S(=O)(=O)N2CCN(CC(=O)NCc3cccc(C(F)(F)F)c3)CC2)cc1. The molecule has 10 heteroatoms. The van der Waals surface area contributed by atoms with Crippen molar-refractivity contribution < 1.29 is 26.4 Å². The first kappa shape index (κ1) is 23.2. The number of piperazine rings is 1. The fourth-order valence-electron chi connectivity index (χ4n) is 3.30. The Morgan fingerprint density at radius 3 is 2.29 bits per heavy atom. The van der Waals surface area contributed by atoms with Gasteiger partial charge >= 0.3 is 6.18 Å². The van der Waals surface area contributed by atoms with Crippen LogP contribution >= 0.6 is 0 Å². The standard InChI is InChI=1S/C21H24F3N3O3S/c1-16-5-7-19(8-6-16)31(29,30)27-11-9-26(10-12-27)15-20(28)25-14-17-3-2-4-18(13-17)21(22,23)24/h2-8,13H,9-12,14-15H2,1H3,(H,25,28). The highest BCUT2D eigenvalue weighted by atomic mass is 32.2. The maximum absolute atomic E-state index is 12.8. The van der Waals surface area contributed by atoms with Crippen molar-refractivity contribution in [2.75, 3.05) is 32.7 Å². The van der Waals surface area contributed by atoms with Gasteiger partial charge in [0.25, 0.3) is 0 Å². The Balaban J connectivity index is 1.48. The lowest BCUT2D eigenvalue weighted by atomic mass is 10.1. The van der Waals surface area contributed by atoms with Crippen molar-refractivity contribution in [3.05, 3.63) is 65.2 Å². The molecule has 6 nitrogen and oxygen atoms in total. The van der Waals surface area contributed by atoms with Crippen LogP contribution < -0.4 is 5.32 Å². The molecule has 0 aromatic heterocycles.